The monoisotopic (exact) mass is 320 g/mol. The maximum absolute atomic E-state index is 13.6. The number of nitrogens with zero attached hydrogens (tertiary/aromatic N) is 2. The second-order valence-corrected chi connectivity index (χ2v) is 6.32. The maximum atomic E-state index is 13.6. The largest absolute Gasteiger partial charge is 0.356 e. The minimum atomic E-state index is -0.185. The van der Waals surface area contributed by atoms with E-state index in [1.165, 1.54) is 32.0 Å². The third kappa shape index (κ3) is 6.18. The number of likely N-dealkylation sites (tertiary alicyclic amines) is 1. The molecule has 1 saturated heterocycles. The molecule has 1 aliphatic rings. The van der Waals surface area contributed by atoms with Crippen LogP contribution in [-0.4, -0.2) is 44.1 Å². The van der Waals surface area contributed by atoms with Gasteiger partial charge in [-0.05, 0) is 50.9 Å². The highest BCUT2D eigenvalue weighted by molar-refractivity contribution is 5.79. The second-order valence-electron chi connectivity index (χ2n) is 6.32. The Hall–Kier alpha value is -1.62. The molecule has 0 aromatic heterocycles. The fraction of sp³-hybridized carbons (Fsp3) is 0.611. The lowest BCUT2D eigenvalue weighted by Crippen LogP contribution is -2.39. The number of piperidine rings is 1. The van der Waals surface area contributed by atoms with E-state index in [0.29, 0.717) is 12.1 Å². The van der Waals surface area contributed by atoms with Gasteiger partial charge in [0, 0.05) is 25.7 Å². The minimum absolute atomic E-state index is 0.185. The fourth-order valence-corrected chi connectivity index (χ4v) is 2.84. The molecule has 0 saturated carbocycles. The molecule has 1 aromatic rings. The first kappa shape index (κ1) is 17.7. The summed E-state index contributed by atoms with van der Waals surface area (Å²) in [4.78, 5) is 6.72. The first-order chi connectivity index (χ1) is 11.2. The van der Waals surface area contributed by atoms with Gasteiger partial charge < -0.3 is 15.5 Å². The zero-order valence-electron chi connectivity index (χ0n) is 14.3. The minimum Gasteiger partial charge on any atom is -0.356 e. The van der Waals surface area contributed by atoms with Gasteiger partial charge in [-0.3, -0.25) is 4.99 Å². The summed E-state index contributed by atoms with van der Waals surface area (Å²) in [5, 5.41) is 6.45. The van der Waals surface area contributed by atoms with Crippen LogP contribution in [0.3, 0.4) is 0 Å². The van der Waals surface area contributed by atoms with Crippen molar-refractivity contribution in [1.29, 1.82) is 0 Å². The highest BCUT2D eigenvalue weighted by Gasteiger charge is 2.14. The molecule has 5 heteroatoms. The predicted molar refractivity (Wildman–Crippen MR) is 94.1 cm³/mol. The van der Waals surface area contributed by atoms with Gasteiger partial charge in [-0.2, -0.15) is 0 Å². The molecule has 0 unspecified atom stereocenters. The molecule has 2 rings (SSSR count). The Morgan fingerprint density at radius 1 is 1.26 bits per heavy atom. The molecule has 4 nitrogen and oxygen atoms in total. The molecule has 1 aliphatic heterocycles. The number of hydrogen-bond acceptors (Lipinski definition) is 2. The van der Waals surface area contributed by atoms with Crippen LogP contribution in [0.1, 0.15) is 31.7 Å². The smallest absolute Gasteiger partial charge is 0.191 e. The SMILES string of the molecule is CN=C(NCCCN1CCC(C)CC1)NCc1ccccc1F. The third-order valence-electron chi connectivity index (χ3n) is 4.45. The van der Waals surface area contributed by atoms with Gasteiger partial charge in [0.1, 0.15) is 5.82 Å². The van der Waals surface area contributed by atoms with Crippen LogP contribution < -0.4 is 10.6 Å². The highest BCUT2D eigenvalue weighted by Crippen LogP contribution is 2.15. The van der Waals surface area contributed by atoms with Crippen molar-refractivity contribution in [2.45, 2.75) is 32.7 Å². The van der Waals surface area contributed by atoms with Crippen LogP contribution >= 0.6 is 0 Å². The number of nitrogens with one attached hydrogen (secondary N) is 2. The Balaban J connectivity index is 1.62. The molecular formula is C18H29FN4. The first-order valence-electron chi connectivity index (χ1n) is 8.59. The molecule has 0 spiro atoms. The molecule has 0 atom stereocenters. The second kappa shape index (κ2) is 9.50. The summed E-state index contributed by atoms with van der Waals surface area (Å²) in [6.07, 6.45) is 3.73. The Bertz CT molecular complexity index is 496. The molecular weight excluding hydrogens is 291 g/mol. The molecule has 2 N–H and O–H groups in total. The van der Waals surface area contributed by atoms with Gasteiger partial charge in [0.05, 0.1) is 0 Å². The standard InChI is InChI=1S/C18H29FN4/c1-15-8-12-23(13-9-15)11-5-10-21-18(20-2)22-14-16-6-3-4-7-17(16)19/h3-4,6-7,15H,5,8-14H2,1-2H3,(H2,20,21,22). The predicted octanol–water partition coefficient (Wildman–Crippen LogP) is 2.61. The summed E-state index contributed by atoms with van der Waals surface area (Å²) >= 11 is 0. The van der Waals surface area contributed by atoms with Crippen molar-refractivity contribution < 1.29 is 4.39 Å². The highest BCUT2D eigenvalue weighted by atomic mass is 19.1. The van der Waals surface area contributed by atoms with Gasteiger partial charge in [-0.15, -0.1) is 0 Å². The molecule has 1 heterocycles. The van der Waals surface area contributed by atoms with Crippen molar-refractivity contribution in [3.63, 3.8) is 0 Å². The van der Waals surface area contributed by atoms with Gasteiger partial charge in [-0.1, -0.05) is 25.1 Å². The van der Waals surface area contributed by atoms with Crippen LogP contribution in [0, 0.1) is 11.7 Å². The lowest BCUT2D eigenvalue weighted by Gasteiger charge is -2.30. The van der Waals surface area contributed by atoms with E-state index in [-0.39, 0.29) is 5.82 Å². The zero-order valence-corrected chi connectivity index (χ0v) is 14.3. The van der Waals surface area contributed by atoms with Gasteiger partial charge in [0.15, 0.2) is 5.96 Å². The van der Waals surface area contributed by atoms with Crippen molar-refractivity contribution >= 4 is 5.96 Å². The van der Waals surface area contributed by atoms with E-state index in [0.717, 1.165) is 31.4 Å². The van der Waals surface area contributed by atoms with E-state index < -0.39 is 0 Å². The molecule has 128 valence electrons. The van der Waals surface area contributed by atoms with Gasteiger partial charge in [-0.25, -0.2) is 4.39 Å². The van der Waals surface area contributed by atoms with Crippen molar-refractivity contribution in [2.75, 3.05) is 33.2 Å². The van der Waals surface area contributed by atoms with Crippen molar-refractivity contribution in [1.82, 2.24) is 15.5 Å². The molecule has 0 radical (unpaired) electrons. The van der Waals surface area contributed by atoms with Crippen LogP contribution in [-0.2, 0) is 6.54 Å². The van der Waals surface area contributed by atoms with E-state index in [1.807, 2.05) is 6.07 Å². The van der Waals surface area contributed by atoms with E-state index in [1.54, 1.807) is 19.2 Å². The van der Waals surface area contributed by atoms with Crippen molar-refractivity contribution in [3.05, 3.63) is 35.6 Å². The number of benzene rings is 1. The average molecular weight is 320 g/mol. The van der Waals surface area contributed by atoms with E-state index in [9.17, 15) is 4.39 Å². The maximum Gasteiger partial charge on any atom is 0.191 e. The summed E-state index contributed by atoms with van der Waals surface area (Å²) in [6, 6.07) is 6.81. The van der Waals surface area contributed by atoms with E-state index in [2.05, 4.69) is 27.4 Å². The van der Waals surface area contributed by atoms with Gasteiger partial charge in [0.25, 0.3) is 0 Å². The van der Waals surface area contributed by atoms with Gasteiger partial charge >= 0.3 is 0 Å². The van der Waals surface area contributed by atoms with Crippen molar-refractivity contribution in [2.24, 2.45) is 10.9 Å². The molecule has 0 bridgehead atoms. The number of guanidine groups is 1. The van der Waals surface area contributed by atoms with Crippen LogP contribution in [0.15, 0.2) is 29.3 Å². The Morgan fingerprint density at radius 3 is 2.70 bits per heavy atom. The normalized spacial score (nSPS) is 17.3. The van der Waals surface area contributed by atoms with Crippen LogP contribution in [0.5, 0.6) is 0 Å². The lowest BCUT2D eigenvalue weighted by atomic mass is 9.99. The summed E-state index contributed by atoms with van der Waals surface area (Å²) in [5.74, 6) is 1.42. The fourth-order valence-electron chi connectivity index (χ4n) is 2.84. The third-order valence-corrected chi connectivity index (χ3v) is 4.45. The van der Waals surface area contributed by atoms with E-state index >= 15 is 0 Å². The molecule has 1 aromatic carbocycles. The summed E-state index contributed by atoms with van der Waals surface area (Å²) in [6.45, 7) is 7.23. The Kier molecular flexibility index (Phi) is 7.33. The number of rotatable bonds is 6. The van der Waals surface area contributed by atoms with Crippen LogP contribution in [0.4, 0.5) is 4.39 Å². The average Bonchev–Trinajstić information content (AvgIpc) is 2.57. The number of aliphatic imine (C=N–C) groups is 1. The lowest BCUT2D eigenvalue weighted by molar-refractivity contribution is 0.191. The van der Waals surface area contributed by atoms with Crippen LogP contribution in [0.25, 0.3) is 0 Å². The van der Waals surface area contributed by atoms with Gasteiger partial charge in [0.2, 0.25) is 0 Å². The molecule has 23 heavy (non-hydrogen) atoms. The van der Waals surface area contributed by atoms with Crippen LogP contribution in [0.2, 0.25) is 0 Å². The first-order valence-corrected chi connectivity index (χ1v) is 8.59. The molecule has 1 fully saturated rings. The Labute approximate surface area is 139 Å². The summed E-state index contributed by atoms with van der Waals surface area (Å²) < 4.78 is 13.6. The zero-order chi connectivity index (χ0) is 16.5. The molecule has 0 amide bonds. The summed E-state index contributed by atoms with van der Waals surface area (Å²) in [5.41, 5.74) is 0.651. The number of hydrogen-bond donors (Lipinski definition) is 2. The number of halogens is 1. The Morgan fingerprint density at radius 2 is 2.00 bits per heavy atom. The van der Waals surface area contributed by atoms with Crippen molar-refractivity contribution in [3.8, 4) is 0 Å². The topological polar surface area (TPSA) is 39.7 Å². The van der Waals surface area contributed by atoms with E-state index in [4.69, 9.17) is 0 Å². The molecule has 0 aliphatic carbocycles. The summed E-state index contributed by atoms with van der Waals surface area (Å²) in [7, 11) is 1.74. The quantitative estimate of drug-likeness (QED) is 0.481.